The molecule has 0 N–H and O–H groups in total. The summed E-state index contributed by atoms with van der Waals surface area (Å²) in [4.78, 5) is 11.1. The minimum Gasteiger partial charge on any atom is -0.465 e. The standard InChI is InChI=1S/C12H8N2O2/c1-16-12(15)11(8-14)6-9-3-2-4-10(5-9)7-13/h2-6H,1H3/b11-6+. The third kappa shape index (κ3) is 2.70. The molecule has 0 atom stereocenters. The van der Waals surface area contributed by atoms with Crippen molar-refractivity contribution in [2.45, 2.75) is 0 Å². The summed E-state index contributed by atoms with van der Waals surface area (Å²) in [6.45, 7) is 0. The molecule has 0 aliphatic carbocycles. The van der Waals surface area contributed by atoms with Crippen molar-refractivity contribution in [3.63, 3.8) is 0 Å². The van der Waals surface area contributed by atoms with Crippen LogP contribution in [0.5, 0.6) is 0 Å². The van der Waals surface area contributed by atoms with Gasteiger partial charge >= 0.3 is 5.97 Å². The number of hydrogen-bond acceptors (Lipinski definition) is 4. The summed E-state index contributed by atoms with van der Waals surface area (Å²) in [7, 11) is 1.21. The van der Waals surface area contributed by atoms with Crippen LogP contribution in [-0.4, -0.2) is 13.1 Å². The first-order valence-electron chi connectivity index (χ1n) is 4.41. The number of carbonyl (C=O) groups excluding carboxylic acids is 1. The zero-order valence-corrected chi connectivity index (χ0v) is 8.60. The number of nitriles is 2. The Balaban J connectivity index is 3.11. The summed E-state index contributed by atoms with van der Waals surface area (Å²) in [5.41, 5.74) is 0.981. The van der Waals surface area contributed by atoms with Gasteiger partial charge in [-0.15, -0.1) is 0 Å². The Kier molecular flexibility index (Phi) is 3.83. The molecule has 1 aromatic carbocycles. The molecule has 1 rings (SSSR count). The summed E-state index contributed by atoms with van der Waals surface area (Å²) in [6, 6.07) is 10.3. The predicted molar refractivity (Wildman–Crippen MR) is 56.8 cm³/mol. The van der Waals surface area contributed by atoms with Crippen molar-refractivity contribution >= 4 is 12.0 Å². The summed E-state index contributed by atoms with van der Waals surface area (Å²) in [5, 5.41) is 17.4. The van der Waals surface area contributed by atoms with Gasteiger partial charge in [0.25, 0.3) is 0 Å². The molecule has 0 aromatic heterocycles. The van der Waals surface area contributed by atoms with E-state index in [-0.39, 0.29) is 5.57 Å². The van der Waals surface area contributed by atoms with E-state index in [0.29, 0.717) is 11.1 Å². The molecule has 0 bridgehead atoms. The predicted octanol–water partition coefficient (Wildman–Crippen LogP) is 1.64. The van der Waals surface area contributed by atoms with Crippen LogP contribution in [-0.2, 0) is 9.53 Å². The van der Waals surface area contributed by atoms with E-state index in [0.717, 1.165) is 0 Å². The summed E-state index contributed by atoms with van der Waals surface area (Å²) >= 11 is 0. The first-order valence-corrected chi connectivity index (χ1v) is 4.41. The zero-order valence-electron chi connectivity index (χ0n) is 8.60. The minimum absolute atomic E-state index is 0.0995. The highest BCUT2D eigenvalue weighted by Crippen LogP contribution is 2.09. The zero-order chi connectivity index (χ0) is 12.0. The second-order valence-electron chi connectivity index (χ2n) is 2.90. The van der Waals surface area contributed by atoms with Crippen molar-refractivity contribution in [3.8, 4) is 12.1 Å². The van der Waals surface area contributed by atoms with Gasteiger partial charge in [-0.1, -0.05) is 12.1 Å². The van der Waals surface area contributed by atoms with Gasteiger partial charge in [-0.3, -0.25) is 0 Å². The van der Waals surface area contributed by atoms with E-state index in [1.54, 1.807) is 30.3 Å². The molecule has 0 saturated heterocycles. The van der Waals surface area contributed by atoms with Gasteiger partial charge in [0.1, 0.15) is 11.6 Å². The van der Waals surface area contributed by atoms with Crippen LogP contribution >= 0.6 is 0 Å². The Bertz CT molecular complexity index is 519. The molecule has 0 radical (unpaired) electrons. The Labute approximate surface area is 93.0 Å². The molecule has 0 aliphatic rings. The van der Waals surface area contributed by atoms with Gasteiger partial charge in [0.05, 0.1) is 18.7 Å². The highest BCUT2D eigenvalue weighted by molar-refractivity contribution is 5.97. The number of hydrogen-bond donors (Lipinski definition) is 0. The Morgan fingerprint density at radius 3 is 2.75 bits per heavy atom. The molecule has 0 amide bonds. The van der Waals surface area contributed by atoms with E-state index in [1.165, 1.54) is 13.2 Å². The van der Waals surface area contributed by atoms with Gasteiger partial charge in [0.2, 0.25) is 0 Å². The molecule has 0 unspecified atom stereocenters. The number of rotatable bonds is 2. The lowest BCUT2D eigenvalue weighted by molar-refractivity contribution is -0.135. The number of ether oxygens (including phenoxy) is 1. The van der Waals surface area contributed by atoms with Crippen molar-refractivity contribution in [1.82, 2.24) is 0 Å². The molecular weight excluding hydrogens is 204 g/mol. The fraction of sp³-hybridized carbons (Fsp3) is 0.0833. The molecular formula is C12H8N2O2. The van der Waals surface area contributed by atoms with Crippen molar-refractivity contribution in [3.05, 3.63) is 41.0 Å². The average molecular weight is 212 g/mol. The van der Waals surface area contributed by atoms with Gasteiger partial charge in [-0.2, -0.15) is 10.5 Å². The maximum atomic E-state index is 11.1. The van der Waals surface area contributed by atoms with Crippen LogP contribution in [0.1, 0.15) is 11.1 Å². The molecule has 4 nitrogen and oxygen atoms in total. The SMILES string of the molecule is COC(=O)/C(C#N)=C/c1cccc(C#N)c1. The van der Waals surface area contributed by atoms with Crippen LogP contribution in [0.15, 0.2) is 29.8 Å². The smallest absolute Gasteiger partial charge is 0.348 e. The summed E-state index contributed by atoms with van der Waals surface area (Å²) in [6.07, 6.45) is 1.38. The maximum Gasteiger partial charge on any atom is 0.348 e. The largest absolute Gasteiger partial charge is 0.465 e. The van der Waals surface area contributed by atoms with Crippen LogP contribution in [0.2, 0.25) is 0 Å². The number of esters is 1. The topological polar surface area (TPSA) is 73.9 Å². The number of benzene rings is 1. The van der Waals surface area contributed by atoms with Gasteiger partial charge in [-0.25, -0.2) is 4.79 Å². The van der Waals surface area contributed by atoms with Crippen LogP contribution in [0, 0.1) is 22.7 Å². The maximum absolute atomic E-state index is 11.1. The third-order valence-electron chi connectivity index (χ3n) is 1.85. The van der Waals surface area contributed by atoms with Crippen molar-refractivity contribution < 1.29 is 9.53 Å². The summed E-state index contributed by atoms with van der Waals surface area (Å²) in [5.74, 6) is -0.690. The molecule has 0 heterocycles. The second-order valence-corrected chi connectivity index (χ2v) is 2.90. The Morgan fingerprint density at radius 1 is 1.44 bits per heavy atom. The highest BCUT2D eigenvalue weighted by Gasteiger charge is 2.08. The van der Waals surface area contributed by atoms with Crippen molar-refractivity contribution in [2.75, 3.05) is 7.11 Å². The highest BCUT2D eigenvalue weighted by atomic mass is 16.5. The first kappa shape index (κ1) is 11.5. The van der Waals surface area contributed by atoms with E-state index in [9.17, 15) is 4.79 Å². The van der Waals surface area contributed by atoms with E-state index in [1.807, 2.05) is 6.07 Å². The molecule has 0 saturated carbocycles. The Morgan fingerprint density at radius 2 is 2.19 bits per heavy atom. The minimum atomic E-state index is -0.690. The van der Waals surface area contributed by atoms with Crippen molar-refractivity contribution in [2.24, 2.45) is 0 Å². The fourth-order valence-corrected chi connectivity index (χ4v) is 1.11. The van der Waals surface area contributed by atoms with Gasteiger partial charge in [0.15, 0.2) is 0 Å². The van der Waals surface area contributed by atoms with Gasteiger partial charge in [-0.05, 0) is 23.8 Å². The molecule has 0 aliphatic heterocycles. The third-order valence-corrected chi connectivity index (χ3v) is 1.85. The van der Waals surface area contributed by atoms with Crippen LogP contribution in [0.25, 0.3) is 6.08 Å². The lowest BCUT2D eigenvalue weighted by atomic mass is 10.1. The normalized spacial score (nSPS) is 10.1. The summed E-state index contributed by atoms with van der Waals surface area (Å²) < 4.78 is 4.44. The van der Waals surface area contributed by atoms with Gasteiger partial charge in [0, 0.05) is 0 Å². The number of nitrogens with zero attached hydrogens (tertiary/aromatic N) is 2. The van der Waals surface area contributed by atoms with E-state index in [4.69, 9.17) is 10.5 Å². The fourth-order valence-electron chi connectivity index (χ4n) is 1.11. The quantitative estimate of drug-likeness (QED) is 0.424. The number of methoxy groups -OCH3 is 1. The molecule has 16 heavy (non-hydrogen) atoms. The Hall–Kier alpha value is -2.59. The molecule has 4 heteroatoms. The number of carbonyl (C=O) groups is 1. The molecule has 0 spiro atoms. The molecule has 1 aromatic rings. The van der Waals surface area contributed by atoms with E-state index < -0.39 is 5.97 Å². The van der Waals surface area contributed by atoms with E-state index in [2.05, 4.69) is 4.74 Å². The van der Waals surface area contributed by atoms with Crippen molar-refractivity contribution in [1.29, 1.82) is 10.5 Å². The second kappa shape index (κ2) is 5.33. The van der Waals surface area contributed by atoms with Crippen LogP contribution in [0.4, 0.5) is 0 Å². The van der Waals surface area contributed by atoms with Gasteiger partial charge < -0.3 is 4.74 Å². The average Bonchev–Trinajstić information content (AvgIpc) is 2.35. The monoisotopic (exact) mass is 212 g/mol. The molecule has 0 fully saturated rings. The van der Waals surface area contributed by atoms with E-state index >= 15 is 0 Å². The molecule has 78 valence electrons. The van der Waals surface area contributed by atoms with Crippen LogP contribution < -0.4 is 0 Å². The lowest BCUT2D eigenvalue weighted by Gasteiger charge is -1.97. The van der Waals surface area contributed by atoms with Crippen LogP contribution in [0.3, 0.4) is 0 Å². The lowest BCUT2D eigenvalue weighted by Crippen LogP contribution is -2.02. The first-order chi connectivity index (χ1) is 7.71.